The van der Waals surface area contributed by atoms with Gasteiger partial charge in [-0.1, -0.05) is 0 Å². The smallest absolute Gasteiger partial charge is 0.338 e. The van der Waals surface area contributed by atoms with Crippen molar-refractivity contribution in [3.05, 3.63) is 53.6 Å². The fourth-order valence-electron chi connectivity index (χ4n) is 4.94. The summed E-state index contributed by atoms with van der Waals surface area (Å²) in [5.74, 6) is -4.73. The van der Waals surface area contributed by atoms with Gasteiger partial charge in [-0.05, 0) is 48.0 Å². The molecule has 2 saturated heterocycles. The molecular weight excluding hydrogens is 632 g/mol. The lowest BCUT2D eigenvalue weighted by atomic mass is 9.98. The number of rotatable bonds is 12. The van der Waals surface area contributed by atoms with E-state index in [-0.39, 0.29) is 28.6 Å². The molecule has 2 heterocycles. The average molecular weight is 669 g/mol. The van der Waals surface area contributed by atoms with Crippen molar-refractivity contribution in [2.45, 2.75) is 54.8 Å². The average Bonchev–Trinajstić information content (AvgIpc) is 3.33. The molecule has 0 aliphatic carbocycles. The van der Waals surface area contributed by atoms with Crippen LogP contribution in [0.5, 0.6) is 23.0 Å². The summed E-state index contributed by atoms with van der Waals surface area (Å²) in [4.78, 5) is 25.3. The van der Waals surface area contributed by atoms with Crippen LogP contribution in [0.4, 0.5) is 0 Å². The highest BCUT2D eigenvalue weighted by Gasteiger charge is 2.60. The Morgan fingerprint density at radius 2 is 1.53 bits per heavy atom. The molecule has 9 atom stereocenters. The van der Waals surface area contributed by atoms with Crippen LogP contribution in [0.3, 0.4) is 0 Å². The number of methoxy groups -OCH3 is 2. The first kappa shape index (κ1) is 35.8. The van der Waals surface area contributed by atoms with E-state index in [2.05, 4.69) is 0 Å². The van der Waals surface area contributed by atoms with Gasteiger partial charge in [-0.15, -0.1) is 0 Å². The van der Waals surface area contributed by atoms with Crippen LogP contribution in [0.15, 0.2) is 42.5 Å². The van der Waals surface area contributed by atoms with Crippen LogP contribution in [0.1, 0.15) is 15.9 Å². The molecule has 2 aliphatic rings. The van der Waals surface area contributed by atoms with Crippen LogP contribution >= 0.6 is 0 Å². The van der Waals surface area contributed by atoms with Gasteiger partial charge in [0, 0.05) is 6.08 Å². The minimum Gasteiger partial charge on any atom is -0.508 e. The van der Waals surface area contributed by atoms with Gasteiger partial charge in [-0.2, -0.15) is 0 Å². The van der Waals surface area contributed by atoms with E-state index in [1.165, 1.54) is 56.7 Å². The Morgan fingerprint density at radius 1 is 0.894 bits per heavy atom. The number of aliphatic hydroxyl groups is 6. The van der Waals surface area contributed by atoms with Gasteiger partial charge >= 0.3 is 11.9 Å². The summed E-state index contributed by atoms with van der Waals surface area (Å²) in [6.45, 7) is -2.62. The largest absolute Gasteiger partial charge is 0.508 e. The molecule has 0 radical (unpaired) electrons. The lowest BCUT2D eigenvalue weighted by Gasteiger charge is -2.43. The normalized spacial score (nSPS) is 30.6. The fraction of sp³-hybridized carbons (Fsp3) is 0.467. The maximum absolute atomic E-state index is 12.9. The molecule has 8 N–H and O–H groups in total. The highest BCUT2D eigenvalue weighted by Crippen LogP contribution is 2.39. The Balaban J connectivity index is 1.51. The minimum atomic E-state index is -2.48. The van der Waals surface area contributed by atoms with E-state index >= 15 is 0 Å². The second-order valence-corrected chi connectivity index (χ2v) is 10.5. The maximum atomic E-state index is 12.9. The third kappa shape index (κ3) is 7.75. The molecule has 17 nitrogen and oxygen atoms in total. The van der Waals surface area contributed by atoms with Crippen molar-refractivity contribution in [2.75, 3.05) is 34.0 Å². The van der Waals surface area contributed by atoms with Gasteiger partial charge in [0.2, 0.25) is 11.5 Å². The van der Waals surface area contributed by atoms with Gasteiger partial charge in [0.25, 0.3) is 0 Å². The summed E-state index contributed by atoms with van der Waals surface area (Å²) in [7, 11) is 2.62. The molecular formula is C30H36O17. The van der Waals surface area contributed by atoms with Crippen molar-refractivity contribution in [1.82, 2.24) is 0 Å². The molecule has 47 heavy (non-hydrogen) atoms. The molecule has 2 aliphatic heterocycles. The van der Waals surface area contributed by atoms with Gasteiger partial charge in [0.1, 0.15) is 55.6 Å². The van der Waals surface area contributed by atoms with Gasteiger partial charge in [0.15, 0.2) is 23.9 Å². The summed E-state index contributed by atoms with van der Waals surface area (Å²) >= 11 is 0. The number of aliphatic hydroxyl groups excluding tert-OH is 6. The lowest BCUT2D eigenvalue weighted by Crippen LogP contribution is -2.63. The summed E-state index contributed by atoms with van der Waals surface area (Å²) < 4.78 is 37.5. The molecule has 17 heteroatoms. The summed E-state index contributed by atoms with van der Waals surface area (Å²) in [6, 6.07) is 7.83. The van der Waals surface area contributed by atoms with E-state index in [0.717, 1.165) is 6.08 Å². The Kier molecular flexibility index (Phi) is 11.6. The summed E-state index contributed by atoms with van der Waals surface area (Å²) in [5, 5.41) is 82.1. The highest BCUT2D eigenvalue weighted by atomic mass is 16.8. The van der Waals surface area contributed by atoms with Crippen molar-refractivity contribution in [3.8, 4) is 23.0 Å². The highest BCUT2D eigenvalue weighted by molar-refractivity contribution is 5.89. The first-order chi connectivity index (χ1) is 22.4. The topological polar surface area (TPSA) is 261 Å². The zero-order valence-corrected chi connectivity index (χ0v) is 25.1. The molecule has 0 saturated carbocycles. The molecule has 258 valence electrons. The first-order valence-corrected chi connectivity index (χ1v) is 14.1. The quantitative estimate of drug-likeness (QED) is 0.0913. The number of phenols is 2. The molecule has 0 amide bonds. The maximum Gasteiger partial charge on any atom is 0.338 e. The molecule has 4 rings (SSSR count). The van der Waals surface area contributed by atoms with Crippen molar-refractivity contribution in [2.24, 2.45) is 0 Å². The molecule has 2 fully saturated rings. The SMILES string of the molecule is COc1cc(C=CC(=O)O[C@@H]2[C@H](O)[C@@H](CO)O[C@@]2(CO)O[C@@H]2O[C@H](COC(=O)c3ccc(O)cc3)[C@@H](O)[C@H](O)[C@H]2O)cc(OC)c1O. The Morgan fingerprint density at radius 3 is 2.11 bits per heavy atom. The number of aromatic hydroxyl groups is 2. The zero-order chi connectivity index (χ0) is 34.5. The number of carbonyl (C=O) groups is 2. The monoisotopic (exact) mass is 668 g/mol. The van der Waals surface area contributed by atoms with Crippen LogP contribution in [0.25, 0.3) is 6.08 Å². The molecule has 0 aromatic heterocycles. The van der Waals surface area contributed by atoms with Gasteiger partial charge in [-0.3, -0.25) is 0 Å². The van der Waals surface area contributed by atoms with E-state index in [1.807, 2.05) is 0 Å². The number of esters is 2. The Labute approximate surface area is 267 Å². The standard InChI is InChI=1S/C30H36O17/c1-41-17-9-14(10-18(42-2)22(17)35)3-8-21(34)45-27-24(37)19(11-31)46-30(27,13-32)47-29-26(39)25(38)23(36)20(44-29)12-43-28(40)15-4-6-16(33)7-5-15/h3-10,19-20,23-27,29,31-33,35-39H,11-13H2,1-2H3/t19-,20-,23-,24-,25+,26-,27-,29+,30+/m1/s1. The first-order valence-electron chi connectivity index (χ1n) is 14.1. The van der Waals surface area contributed by atoms with E-state index in [0.29, 0.717) is 5.56 Å². The van der Waals surface area contributed by atoms with Gasteiger partial charge in [-0.25, -0.2) is 9.59 Å². The van der Waals surface area contributed by atoms with Crippen molar-refractivity contribution in [1.29, 1.82) is 0 Å². The zero-order valence-electron chi connectivity index (χ0n) is 25.1. The molecule has 0 unspecified atom stereocenters. The summed E-state index contributed by atoms with van der Waals surface area (Å²) in [6.07, 6.45) is -12.1. The van der Waals surface area contributed by atoms with Crippen molar-refractivity contribution >= 4 is 18.0 Å². The van der Waals surface area contributed by atoms with E-state index in [1.54, 1.807) is 0 Å². The number of hydrogen-bond acceptors (Lipinski definition) is 17. The number of ether oxygens (including phenoxy) is 7. The third-order valence-corrected chi connectivity index (χ3v) is 7.50. The number of benzene rings is 2. The van der Waals surface area contributed by atoms with Crippen molar-refractivity contribution < 1.29 is 83.6 Å². The third-order valence-electron chi connectivity index (χ3n) is 7.50. The van der Waals surface area contributed by atoms with Crippen LogP contribution in [0, 0.1) is 0 Å². The number of phenolic OH excluding ortho intramolecular Hbond substituents is 2. The molecule has 2 aromatic rings. The molecule has 0 bridgehead atoms. The van der Waals surface area contributed by atoms with Gasteiger partial charge < -0.3 is 74.0 Å². The molecule has 0 spiro atoms. The van der Waals surface area contributed by atoms with Gasteiger partial charge in [0.05, 0.1) is 26.4 Å². The Hall–Kier alpha value is -4.04. The summed E-state index contributed by atoms with van der Waals surface area (Å²) in [5.41, 5.74) is 0.379. The van der Waals surface area contributed by atoms with Crippen LogP contribution < -0.4 is 9.47 Å². The predicted octanol–water partition coefficient (Wildman–Crippen LogP) is -1.84. The minimum absolute atomic E-state index is 0.0437. The van der Waals surface area contributed by atoms with E-state index < -0.39 is 86.6 Å². The fourth-order valence-corrected chi connectivity index (χ4v) is 4.94. The second-order valence-electron chi connectivity index (χ2n) is 10.5. The van der Waals surface area contributed by atoms with E-state index in [9.17, 15) is 50.4 Å². The number of carbonyl (C=O) groups excluding carboxylic acids is 2. The second kappa shape index (κ2) is 15.2. The van der Waals surface area contributed by atoms with Crippen LogP contribution in [-0.2, 0) is 28.5 Å². The lowest BCUT2D eigenvalue weighted by molar-refractivity contribution is -0.383. The number of hydrogen-bond donors (Lipinski definition) is 8. The predicted molar refractivity (Wildman–Crippen MR) is 154 cm³/mol. The Bertz CT molecular complexity index is 1390. The van der Waals surface area contributed by atoms with Crippen LogP contribution in [0.2, 0.25) is 0 Å². The van der Waals surface area contributed by atoms with E-state index in [4.69, 9.17) is 33.2 Å². The van der Waals surface area contributed by atoms with Crippen molar-refractivity contribution in [3.63, 3.8) is 0 Å². The van der Waals surface area contributed by atoms with Crippen LogP contribution in [-0.4, -0.2) is 142 Å². The molecule has 2 aromatic carbocycles.